The van der Waals surface area contributed by atoms with Gasteiger partial charge in [-0.25, -0.2) is 0 Å². The van der Waals surface area contributed by atoms with E-state index in [4.69, 9.17) is 15.7 Å². The number of carbonyl (C=O) groups is 1. The molecule has 0 atom stereocenters. The molecule has 1 aliphatic carbocycles. The van der Waals surface area contributed by atoms with E-state index in [1.807, 2.05) is 0 Å². The Bertz CT molecular complexity index is 527. The highest BCUT2D eigenvalue weighted by Gasteiger charge is 2.21. The minimum absolute atomic E-state index is 0.0138. The standard InChI is InChI=1S/C15H21N3O3/c1-18(7-8-21-10-11-5-6-11)15(19)13-4-2-3-12(9-13)14(16)17-20/h2-4,9,11,20H,5-8,10H2,1H3,(H2,16,17). The zero-order chi connectivity index (χ0) is 15.2. The maximum absolute atomic E-state index is 12.3. The van der Waals surface area contributed by atoms with Gasteiger partial charge in [-0.3, -0.25) is 4.79 Å². The molecule has 114 valence electrons. The van der Waals surface area contributed by atoms with Crippen molar-refractivity contribution in [2.75, 3.05) is 26.8 Å². The number of hydrogen-bond donors (Lipinski definition) is 2. The molecule has 0 bridgehead atoms. The maximum atomic E-state index is 12.3. The third kappa shape index (κ3) is 4.46. The zero-order valence-corrected chi connectivity index (χ0v) is 12.2. The summed E-state index contributed by atoms with van der Waals surface area (Å²) in [4.78, 5) is 13.9. The van der Waals surface area contributed by atoms with Crippen molar-refractivity contribution >= 4 is 11.7 Å². The Morgan fingerprint density at radius 1 is 1.48 bits per heavy atom. The molecule has 6 nitrogen and oxygen atoms in total. The largest absolute Gasteiger partial charge is 0.409 e. The first-order valence-corrected chi connectivity index (χ1v) is 7.03. The van der Waals surface area contributed by atoms with Crippen molar-refractivity contribution in [2.45, 2.75) is 12.8 Å². The number of carbonyl (C=O) groups excluding carboxylic acids is 1. The molecule has 3 N–H and O–H groups in total. The molecule has 6 heteroatoms. The Hall–Kier alpha value is -2.08. The first-order valence-electron chi connectivity index (χ1n) is 7.03. The van der Waals surface area contributed by atoms with Gasteiger partial charge in [-0.1, -0.05) is 17.3 Å². The Morgan fingerprint density at radius 3 is 2.86 bits per heavy atom. The molecule has 0 saturated heterocycles. The van der Waals surface area contributed by atoms with E-state index in [2.05, 4.69) is 5.16 Å². The van der Waals surface area contributed by atoms with E-state index in [-0.39, 0.29) is 11.7 Å². The Kier molecular flexibility index (Phi) is 5.16. The predicted octanol–water partition coefficient (Wildman–Crippen LogP) is 1.28. The molecule has 0 unspecified atom stereocenters. The number of amides is 1. The number of nitrogens with two attached hydrogens (primary N) is 1. The third-order valence-electron chi connectivity index (χ3n) is 3.48. The van der Waals surface area contributed by atoms with Gasteiger partial charge in [-0.15, -0.1) is 0 Å². The average molecular weight is 291 g/mol. The molecule has 21 heavy (non-hydrogen) atoms. The van der Waals surface area contributed by atoms with Crippen molar-refractivity contribution < 1.29 is 14.7 Å². The van der Waals surface area contributed by atoms with Gasteiger partial charge in [0, 0.05) is 31.3 Å². The number of ether oxygens (including phenoxy) is 1. The van der Waals surface area contributed by atoms with Crippen molar-refractivity contribution in [3.63, 3.8) is 0 Å². The third-order valence-corrected chi connectivity index (χ3v) is 3.48. The summed E-state index contributed by atoms with van der Waals surface area (Å²) in [5.74, 6) is 0.598. The van der Waals surface area contributed by atoms with Gasteiger partial charge in [-0.05, 0) is 30.9 Å². The minimum Gasteiger partial charge on any atom is -0.409 e. The summed E-state index contributed by atoms with van der Waals surface area (Å²) >= 11 is 0. The lowest BCUT2D eigenvalue weighted by molar-refractivity contribution is 0.0681. The van der Waals surface area contributed by atoms with Crippen LogP contribution >= 0.6 is 0 Å². The fourth-order valence-electron chi connectivity index (χ4n) is 1.93. The van der Waals surface area contributed by atoms with E-state index in [1.165, 1.54) is 12.8 Å². The fraction of sp³-hybridized carbons (Fsp3) is 0.467. The molecule has 1 aromatic rings. The summed E-state index contributed by atoms with van der Waals surface area (Å²) in [5.41, 5.74) is 6.55. The Morgan fingerprint density at radius 2 is 2.19 bits per heavy atom. The van der Waals surface area contributed by atoms with E-state index in [9.17, 15) is 4.79 Å². The Balaban J connectivity index is 1.88. The zero-order valence-electron chi connectivity index (χ0n) is 12.2. The van der Waals surface area contributed by atoms with Crippen molar-refractivity contribution in [3.8, 4) is 0 Å². The fourth-order valence-corrected chi connectivity index (χ4v) is 1.93. The van der Waals surface area contributed by atoms with Gasteiger partial charge in [0.25, 0.3) is 5.91 Å². The molecule has 1 aromatic carbocycles. The topological polar surface area (TPSA) is 88.2 Å². The number of benzene rings is 1. The SMILES string of the molecule is CN(CCOCC1CC1)C(=O)c1cccc(/C(N)=N/O)c1. The van der Waals surface area contributed by atoms with Crippen molar-refractivity contribution in [3.05, 3.63) is 35.4 Å². The van der Waals surface area contributed by atoms with E-state index < -0.39 is 0 Å². The van der Waals surface area contributed by atoms with Gasteiger partial charge >= 0.3 is 0 Å². The van der Waals surface area contributed by atoms with Gasteiger partial charge in [0.05, 0.1) is 6.61 Å². The highest BCUT2D eigenvalue weighted by atomic mass is 16.5. The second kappa shape index (κ2) is 7.08. The molecule has 2 rings (SSSR count). The molecular formula is C15H21N3O3. The van der Waals surface area contributed by atoms with E-state index in [0.29, 0.717) is 24.3 Å². The molecular weight excluding hydrogens is 270 g/mol. The van der Waals surface area contributed by atoms with E-state index >= 15 is 0 Å². The molecule has 1 aliphatic rings. The molecule has 0 aliphatic heterocycles. The highest BCUT2D eigenvalue weighted by Crippen LogP contribution is 2.28. The lowest BCUT2D eigenvalue weighted by atomic mass is 10.1. The van der Waals surface area contributed by atoms with E-state index in [1.54, 1.807) is 36.2 Å². The van der Waals surface area contributed by atoms with Gasteiger partial charge in [0.2, 0.25) is 0 Å². The van der Waals surface area contributed by atoms with E-state index in [0.717, 1.165) is 12.5 Å². The van der Waals surface area contributed by atoms with Gasteiger partial charge in [0.1, 0.15) is 0 Å². The van der Waals surface area contributed by atoms with Crippen LogP contribution < -0.4 is 5.73 Å². The minimum atomic E-state index is -0.113. The predicted molar refractivity (Wildman–Crippen MR) is 79.5 cm³/mol. The van der Waals surface area contributed by atoms with Crippen LogP contribution in [-0.4, -0.2) is 48.7 Å². The summed E-state index contributed by atoms with van der Waals surface area (Å²) in [5, 5.41) is 11.6. The van der Waals surface area contributed by atoms with Crippen molar-refractivity contribution in [2.24, 2.45) is 16.8 Å². The number of likely N-dealkylation sites (N-methyl/N-ethyl adjacent to an activating group) is 1. The van der Waals surface area contributed by atoms with Crippen LogP contribution in [-0.2, 0) is 4.74 Å². The molecule has 0 heterocycles. The first-order chi connectivity index (χ1) is 10.1. The molecule has 1 fully saturated rings. The molecule has 1 saturated carbocycles. The van der Waals surface area contributed by atoms with Crippen LogP contribution in [0.2, 0.25) is 0 Å². The lowest BCUT2D eigenvalue weighted by Crippen LogP contribution is -2.30. The quantitative estimate of drug-likeness (QED) is 0.260. The summed E-state index contributed by atoms with van der Waals surface area (Å²) in [6.07, 6.45) is 2.52. The smallest absolute Gasteiger partial charge is 0.253 e. The normalized spacial score (nSPS) is 15.0. The van der Waals surface area contributed by atoms with Crippen LogP contribution in [0.25, 0.3) is 0 Å². The number of rotatable bonds is 7. The van der Waals surface area contributed by atoms with Crippen LogP contribution in [0.15, 0.2) is 29.4 Å². The van der Waals surface area contributed by atoms with Gasteiger partial charge < -0.3 is 20.6 Å². The number of oxime groups is 1. The highest BCUT2D eigenvalue weighted by molar-refractivity contribution is 6.01. The summed E-state index contributed by atoms with van der Waals surface area (Å²) in [6, 6.07) is 6.71. The van der Waals surface area contributed by atoms with Gasteiger partial charge in [-0.2, -0.15) is 0 Å². The molecule has 0 spiro atoms. The van der Waals surface area contributed by atoms with Gasteiger partial charge in [0.15, 0.2) is 5.84 Å². The van der Waals surface area contributed by atoms with Crippen LogP contribution in [0, 0.1) is 5.92 Å². The van der Waals surface area contributed by atoms with Crippen LogP contribution in [0.5, 0.6) is 0 Å². The van der Waals surface area contributed by atoms with Crippen LogP contribution in [0.1, 0.15) is 28.8 Å². The summed E-state index contributed by atoms with van der Waals surface area (Å²) in [7, 11) is 1.74. The second-order valence-corrected chi connectivity index (χ2v) is 5.31. The summed E-state index contributed by atoms with van der Waals surface area (Å²) in [6.45, 7) is 1.87. The second-order valence-electron chi connectivity index (χ2n) is 5.31. The summed E-state index contributed by atoms with van der Waals surface area (Å²) < 4.78 is 5.53. The van der Waals surface area contributed by atoms with Crippen LogP contribution in [0.4, 0.5) is 0 Å². The Labute approximate surface area is 124 Å². The maximum Gasteiger partial charge on any atom is 0.253 e. The number of hydrogen-bond acceptors (Lipinski definition) is 4. The number of amidine groups is 1. The monoisotopic (exact) mass is 291 g/mol. The molecule has 1 amide bonds. The number of nitrogens with zero attached hydrogens (tertiary/aromatic N) is 2. The van der Waals surface area contributed by atoms with Crippen molar-refractivity contribution in [1.82, 2.24) is 4.90 Å². The molecule has 0 aromatic heterocycles. The molecule has 0 radical (unpaired) electrons. The first kappa shape index (κ1) is 15.3. The van der Waals surface area contributed by atoms with Crippen LogP contribution in [0.3, 0.4) is 0 Å². The van der Waals surface area contributed by atoms with Crippen molar-refractivity contribution in [1.29, 1.82) is 0 Å². The average Bonchev–Trinajstić information content (AvgIpc) is 3.34. The lowest BCUT2D eigenvalue weighted by Gasteiger charge is -2.17.